The highest BCUT2D eigenvalue weighted by molar-refractivity contribution is 6.18. The average molecular weight is 489 g/mol. The molecule has 1 N–H and O–H groups in total. The Kier molecular flexibility index (Phi) is 7.19. The number of pyridine rings is 1. The second kappa shape index (κ2) is 10.5. The highest BCUT2D eigenvalue weighted by Crippen LogP contribution is 2.40. The molecule has 1 aromatic heterocycles. The molecular weight excluding hydrogens is 460 g/mol. The summed E-state index contributed by atoms with van der Waals surface area (Å²) >= 11 is 0. The lowest BCUT2D eigenvalue weighted by molar-refractivity contribution is -0.120. The summed E-state index contributed by atoms with van der Waals surface area (Å²) in [5.74, 6) is 0.859. The molecule has 9 heteroatoms. The summed E-state index contributed by atoms with van der Waals surface area (Å²) in [5.41, 5.74) is 4.73. The van der Waals surface area contributed by atoms with Gasteiger partial charge in [-0.15, -0.1) is 0 Å². The van der Waals surface area contributed by atoms with Crippen LogP contribution in [0.5, 0.6) is 17.2 Å². The molecule has 0 fully saturated rings. The first-order chi connectivity index (χ1) is 17.3. The number of anilines is 2. The number of carbonyl (C=O) groups is 2. The molecule has 0 spiro atoms. The van der Waals surface area contributed by atoms with Gasteiger partial charge in [0.2, 0.25) is 17.6 Å². The number of hydrogen-bond acceptors (Lipinski definition) is 7. The second-order valence-corrected chi connectivity index (χ2v) is 8.32. The van der Waals surface area contributed by atoms with E-state index in [0.717, 1.165) is 16.7 Å². The highest BCUT2D eigenvalue weighted by atomic mass is 16.5. The van der Waals surface area contributed by atoms with Crippen molar-refractivity contribution in [1.82, 2.24) is 4.98 Å². The molecule has 0 saturated carbocycles. The Bertz CT molecular complexity index is 1330. The maximum Gasteiger partial charge on any atom is 0.244 e. The topological polar surface area (TPSA) is 102 Å². The molecule has 186 valence electrons. The standard InChI is InChI=1S/C27H28N4O5/c1-16-8-9-18(11-17(16)2)21-14-25(33)31(27-20(30-21)7-6-10-28-27)15-24(32)29-19-12-22(34-3)26(36-5)23(13-19)35-4/h6-13H,14-15H2,1-5H3,(H,29,32). The number of methoxy groups -OCH3 is 3. The molecule has 0 atom stereocenters. The number of hydrogen-bond donors (Lipinski definition) is 1. The number of benzene rings is 2. The Balaban J connectivity index is 1.60. The van der Waals surface area contributed by atoms with Gasteiger partial charge < -0.3 is 19.5 Å². The molecule has 36 heavy (non-hydrogen) atoms. The van der Waals surface area contributed by atoms with Gasteiger partial charge in [-0.1, -0.05) is 12.1 Å². The highest BCUT2D eigenvalue weighted by Gasteiger charge is 2.28. The number of nitrogens with one attached hydrogen (secondary N) is 1. The number of aryl methyl sites for hydroxylation is 2. The van der Waals surface area contributed by atoms with Gasteiger partial charge in [0.25, 0.3) is 0 Å². The molecule has 0 radical (unpaired) electrons. The molecule has 1 aliphatic heterocycles. The number of amides is 2. The normalized spacial score (nSPS) is 12.9. The lowest BCUT2D eigenvalue weighted by atomic mass is 10.0. The number of aliphatic imine (C=N–C) groups is 1. The Morgan fingerprint density at radius 1 is 1.00 bits per heavy atom. The van der Waals surface area contributed by atoms with Crippen molar-refractivity contribution in [2.24, 2.45) is 4.99 Å². The van der Waals surface area contributed by atoms with Crippen LogP contribution in [0.25, 0.3) is 0 Å². The molecule has 4 rings (SSSR count). The molecule has 0 bridgehead atoms. The Morgan fingerprint density at radius 2 is 1.72 bits per heavy atom. The smallest absolute Gasteiger partial charge is 0.244 e. The van der Waals surface area contributed by atoms with E-state index in [4.69, 9.17) is 19.2 Å². The van der Waals surface area contributed by atoms with Crippen molar-refractivity contribution >= 4 is 34.7 Å². The van der Waals surface area contributed by atoms with E-state index in [1.54, 1.807) is 30.5 Å². The van der Waals surface area contributed by atoms with Crippen molar-refractivity contribution in [3.63, 3.8) is 0 Å². The predicted octanol–water partition coefficient (Wildman–Crippen LogP) is 4.22. The minimum Gasteiger partial charge on any atom is -0.493 e. The van der Waals surface area contributed by atoms with Crippen molar-refractivity contribution in [2.75, 3.05) is 38.1 Å². The van der Waals surface area contributed by atoms with Gasteiger partial charge in [-0.05, 0) is 48.7 Å². The van der Waals surface area contributed by atoms with Gasteiger partial charge in [0, 0.05) is 24.0 Å². The van der Waals surface area contributed by atoms with E-state index < -0.39 is 5.91 Å². The fourth-order valence-corrected chi connectivity index (χ4v) is 3.97. The zero-order valence-corrected chi connectivity index (χ0v) is 20.9. The first-order valence-electron chi connectivity index (χ1n) is 11.3. The fourth-order valence-electron chi connectivity index (χ4n) is 3.97. The van der Waals surface area contributed by atoms with Gasteiger partial charge in [-0.25, -0.2) is 9.98 Å². The minimum absolute atomic E-state index is 0.0380. The van der Waals surface area contributed by atoms with E-state index in [9.17, 15) is 9.59 Å². The van der Waals surface area contributed by atoms with Crippen molar-refractivity contribution in [3.8, 4) is 17.2 Å². The number of ether oxygens (including phenoxy) is 3. The van der Waals surface area contributed by atoms with Crippen molar-refractivity contribution < 1.29 is 23.8 Å². The fraction of sp³-hybridized carbons (Fsp3) is 0.259. The third kappa shape index (κ3) is 5.00. The molecule has 1 aliphatic rings. The zero-order chi connectivity index (χ0) is 25.8. The summed E-state index contributed by atoms with van der Waals surface area (Å²) in [6.45, 7) is 3.81. The maximum atomic E-state index is 13.4. The molecular formula is C27H28N4O5. The first kappa shape index (κ1) is 24.7. The second-order valence-electron chi connectivity index (χ2n) is 8.32. The largest absolute Gasteiger partial charge is 0.493 e. The van der Waals surface area contributed by atoms with E-state index in [2.05, 4.69) is 10.3 Å². The van der Waals surface area contributed by atoms with Gasteiger partial charge in [0.1, 0.15) is 12.2 Å². The Hall–Kier alpha value is -4.40. The minimum atomic E-state index is -0.413. The van der Waals surface area contributed by atoms with Crippen LogP contribution in [0.2, 0.25) is 0 Å². The third-order valence-corrected chi connectivity index (χ3v) is 5.99. The molecule has 9 nitrogen and oxygen atoms in total. The average Bonchev–Trinajstić information content (AvgIpc) is 3.01. The van der Waals surface area contributed by atoms with Crippen LogP contribution in [-0.2, 0) is 9.59 Å². The van der Waals surface area contributed by atoms with Crippen molar-refractivity contribution in [2.45, 2.75) is 20.3 Å². The van der Waals surface area contributed by atoms with Crippen LogP contribution < -0.4 is 24.4 Å². The summed E-state index contributed by atoms with van der Waals surface area (Å²) in [6, 6.07) is 12.8. The van der Waals surface area contributed by atoms with Gasteiger partial charge in [0.15, 0.2) is 17.3 Å². The SMILES string of the molecule is COc1cc(NC(=O)CN2C(=O)CC(c3ccc(C)c(C)c3)=Nc3cccnc32)cc(OC)c1OC. The first-order valence-corrected chi connectivity index (χ1v) is 11.3. The number of carbonyl (C=O) groups excluding carboxylic acids is 2. The van der Waals surface area contributed by atoms with Gasteiger partial charge >= 0.3 is 0 Å². The van der Waals surface area contributed by atoms with E-state index >= 15 is 0 Å². The van der Waals surface area contributed by atoms with E-state index in [0.29, 0.717) is 40.2 Å². The van der Waals surface area contributed by atoms with Gasteiger partial charge in [-0.3, -0.25) is 14.5 Å². The summed E-state index contributed by atoms with van der Waals surface area (Å²) in [7, 11) is 4.49. The maximum absolute atomic E-state index is 13.4. The van der Waals surface area contributed by atoms with Crippen LogP contribution in [0.1, 0.15) is 23.1 Å². The number of aromatic nitrogens is 1. The predicted molar refractivity (Wildman–Crippen MR) is 138 cm³/mol. The Morgan fingerprint density at radius 3 is 2.36 bits per heavy atom. The van der Waals surface area contributed by atoms with Crippen LogP contribution in [0.3, 0.4) is 0 Å². The molecule has 2 heterocycles. The van der Waals surface area contributed by atoms with Crippen LogP contribution in [-0.4, -0.2) is 50.4 Å². The lowest BCUT2D eigenvalue weighted by Crippen LogP contribution is -2.39. The molecule has 0 aliphatic carbocycles. The summed E-state index contributed by atoms with van der Waals surface area (Å²) in [4.78, 5) is 36.9. The summed E-state index contributed by atoms with van der Waals surface area (Å²) in [5, 5.41) is 2.80. The van der Waals surface area contributed by atoms with Crippen molar-refractivity contribution in [3.05, 3.63) is 65.4 Å². The molecule has 0 saturated heterocycles. The number of nitrogens with zero attached hydrogens (tertiary/aromatic N) is 3. The van der Waals surface area contributed by atoms with E-state index in [-0.39, 0.29) is 18.9 Å². The number of fused-ring (bicyclic) bond motifs is 1. The monoisotopic (exact) mass is 488 g/mol. The molecule has 3 aromatic rings. The van der Waals surface area contributed by atoms with Gasteiger partial charge in [-0.2, -0.15) is 0 Å². The molecule has 2 aromatic carbocycles. The third-order valence-electron chi connectivity index (χ3n) is 5.99. The van der Waals surface area contributed by atoms with Crippen LogP contribution in [0, 0.1) is 13.8 Å². The lowest BCUT2D eigenvalue weighted by Gasteiger charge is -2.21. The van der Waals surface area contributed by atoms with Crippen LogP contribution in [0.15, 0.2) is 53.7 Å². The molecule has 0 unspecified atom stereocenters. The van der Waals surface area contributed by atoms with Crippen LogP contribution >= 0.6 is 0 Å². The quantitative estimate of drug-likeness (QED) is 0.534. The zero-order valence-electron chi connectivity index (χ0n) is 20.9. The Labute approximate surface area is 209 Å². The number of rotatable bonds is 7. The van der Waals surface area contributed by atoms with Crippen molar-refractivity contribution in [1.29, 1.82) is 0 Å². The summed E-state index contributed by atoms with van der Waals surface area (Å²) < 4.78 is 16.0. The van der Waals surface area contributed by atoms with E-state index in [1.165, 1.54) is 26.2 Å². The molecule has 2 amide bonds. The van der Waals surface area contributed by atoms with Gasteiger partial charge in [0.05, 0.1) is 33.5 Å². The summed E-state index contributed by atoms with van der Waals surface area (Å²) in [6.07, 6.45) is 1.61. The van der Waals surface area contributed by atoms with E-state index in [1.807, 2.05) is 32.0 Å². The van der Waals surface area contributed by atoms with Crippen LogP contribution in [0.4, 0.5) is 17.2 Å².